The van der Waals surface area contributed by atoms with Gasteiger partial charge in [0.15, 0.2) is 0 Å². The van der Waals surface area contributed by atoms with E-state index in [4.69, 9.17) is 8.83 Å². The Hall–Kier alpha value is -4.80. The van der Waals surface area contributed by atoms with Crippen molar-refractivity contribution in [1.29, 1.82) is 0 Å². The molecule has 9 rings (SSSR count). The first kappa shape index (κ1) is 22.1. The maximum absolute atomic E-state index is 6.47. The van der Waals surface area contributed by atoms with Gasteiger partial charge in [0.1, 0.15) is 22.3 Å². The summed E-state index contributed by atoms with van der Waals surface area (Å²) >= 11 is 3.70. The SMILES string of the molecule is Brc1ccc2c(c1)c1c3oc4ccccc4c3ccc1n2-c1ccc(-c2cccc3c2oc2ccccc23)cc1. The molecule has 0 atom stereocenters. The van der Waals surface area contributed by atoms with Crippen molar-refractivity contribution in [2.75, 3.05) is 0 Å². The van der Waals surface area contributed by atoms with Crippen LogP contribution in [0.1, 0.15) is 0 Å². The molecule has 3 aromatic heterocycles. The molecule has 0 N–H and O–H groups in total. The summed E-state index contributed by atoms with van der Waals surface area (Å²) in [6.45, 7) is 0. The highest BCUT2D eigenvalue weighted by molar-refractivity contribution is 9.10. The number of hydrogen-bond donors (Lipinski definition) is 0. The summed E-state index contributed by atoms with van der Waals surface area (Å²) in [5.74, 6) is 0. The molecular weight excluding hydrogens is 558 g/mol. The zero-order valence-electron chi connectivity index (χ0n) is 21.2. The number of halogens is 1. The van der Waals surface area contributed by atoms with Crippen LogP contribution in [0.15, 0.2) is 135 Å². The van der Waals surface area contributed by atoms with Gasteiger partial charge in [0.05, 0.1) is 16.4 Å². The highest BCUT2D eigenvalue weighted by atomic mass is 79.9. The number of para-hydroxylation sites is 3. The molecule has 4 heteroatoms. The fraction of sp³-hybridized carbons (Fsp3) is 0. The average Bonchev–Trinajstić information content (AvgIpc) is 3.66. The van der Waals surface area contributed by atoms with Gasteiger partial charge in [-0.1, -0.05) is 82.7 Å². The summed E-state index contributed by atoms with van der Waals surface area (Å²) in [6, 6.07) is 42.5. The summed E-state index contributed by atoms with van der Waals surface area (Å²) in [6.07, 6.45) is 0. The van der Waals surface area contributed by atoms with Crippen LogP contribution in [0.5, 0.6) is 0 Å². The minimum absolute atomic E-state index is 0.907. The van der Waals surface area contributed by atoms with Crippen molar-refractivity contribution in [3.8, 4) is 16.8 Å². The second-order valence-corrected chi connectivity index (χ2v) is 11.2. The summed E-state index contributed by atoms with van der Waals surface area (Å²) in [4.78, 5) is 0. The van der Waals surface area contributed by atoms with Crippen molar-refractivity contribution in [3.63, 3.8) is 0 Å². The largest absolute Gasteiger partial charge is 0.455 e. The van der Waals surface area contributed by atoms with Crippen LogP contribution in [0, 0.1) is 0 Å². The quantitative estimate of drug-likeness (QED) is 0.204. The monoisotopic (exact) mass is 577 g/mol. The molecule has 3 heterocycles. The number of rotatable bonds is 2. The van der Waals surface area contributed by atoms with Crippen molar-refractivity contribution in [2.24, 2.45) is 0 Å². The van der Waals surface area contributed by atoms with Crippen molar-refractivity contribution in [3.05, 3.63) is 126 Å². The van der Waals surface area contributed by atoms with Gasteiger partial charge in [-0.05, 0) is 60.2 Å². The van der Waals surface area contributed by atoms with Crippen LogP contribution in [0.4, 0.5) is 0 Å². The molecule has 3 nitrogen and oxygen atoms in total. The van der Waals surface area contributed by atoms with Crippen LogP contribution in [0.3, 0.4) is 0 Å². The molecule has 0 saturated heterocycles. The normalized spacial score (nSPS) is 12.1. The van der Waals surface area contributed by atoms with Gasteiger partial charge in [0.25, 0.3) is 0 Å². The van der Waals surface area contributed by atoms with Gasteiger partial charge in [-0.15, -0.1) is 0 Å². The standard InChI is InChI=1S/C36H20BrNO2/c37-22-14-18-30-29(20-22)34-31(19-17-28-26-7-2-4-11-33(26)40-36(28)34)38(30)23-15-12-21(13-16-23)24-8-5-9-27-25-6-1-3-10-32(25)39-35(24)27/h1-20H. The maximum Gasteiger partial charge on any atom is 0.145 e. The lowest BCUT2D eigenvalue weighted by atomic mass is 10.0. The molecule has 0 spiro atoms. The fourth-order valence-corrected chi connectivity index (χ4v) is 6.66. The van der Waals surface area contributed by atoms with Gasteiger partial charge in [0.2, 0.25) is 0 Å². The Labute approximate surface area is 237 Å². The van der Waals surface area contributed by atoms with E-state index in [9.17, 15) is 0 Å². The predicted molar refractivity (Wildman–Crippen MR) is 168 cm³/mol. The lowest BCUT2D eigenvalue weighted by Gasteiger charge is -2.10. The van der Waals surface area contributed by atoms with Crippen molar-refractivity contribution >= 4 is 81.6 Å². The molecule has 0 aliphatic carbocycles. The van der Waals surface area contributed by atoms with E-state index in [1.54, 1.807) is 0 Å². The second-order valence-electron chi connectivity index (χ2n) is 10.3. The van der Waals surface area contributed by atoms with Crippen molar-refractivity contribution < 1.29 is 8.83 Å². The molecule has 6 aromatic carbocycles. The Kier molecular flexibility index (Phi) is 4.47. The van der Waals surface area contributed by atoms with Crippen molar-refractivity contribution in [1.82, 2.24) is 4.57 Å². The number of nitrogens with zero attached hydrogens (tertiary/aromatic N) is 1. The van der Waals surface area contributed by atoms with E-state index in [-0.39, 0.29) is 0 Å². The highest BCUT2D eigenvalue weighted by Gasteiger charge is 2.19. The molecule has 40 heavy (non-hydrogen) atoms. The number of furan rings is 2. The minimum atomic E-state index is 0.907. The van der Waals surface area contributed by atoms with Gasteiger partial charge in [-0.2, -0.15) is 0 Å². The van der Waals surface area contributed by atoms with E-state index in [1.165, 1.54) is 0 Å². The van der Waals surface area contributed by atoms with Crippen LogP contribution in [-0.2, 0) is 0 Å². The Morgan fingerprint density at radius 3 is 1.93 bits per heavy atom. The third kappa shape index (κ3) is 3.00. The van der Waals surface area contributed by atoms with Gasteiger partial charge >= 0.3 is 0 Å². The summed E-state index contributed by atoms with van der Waals surface area (Å²) in [7, 11) is 0. The molecule has 0 aliphatic heterocycles. The van der Waals surface area contributed by atoms with Crippen LogP contribution in [0.25, 0.3) is 82.5 Å². The van der Waals surface area contributed by atoms with E-state index >= 15 is 0 Å². The zero-order valence-corrected chi connectivity index (χ0v) is 22.8. The molecular formula is C36H20BrNO2. The smallest absolute Gasteiger partial charge is 0.145 e. The molecule has 0 aliphatic rings. The Morgan fingerprint density at radius 2 is 1.15 bits per heavy atom. The molecule has 0 amide bonds. The molecule has 9 aromatic rings. The van der Waals surface area contributed by atoms with Gasteiger partial charge in [-0.3, -0.25) is 0 Å². The topological polar surface area (TPSA) is 31.2 Å². The summed E-state index contributed by atoms with van der Waals surface area (Å²) < 4.78 is 16.2. The number of aromatic nitrogens is 1. The third-order valence-electron chi connectivity index (χ3n) is 8.08. The molecule has 0 saturated carbocycles. The molecule has 0 bridgehead atoms. The third-order valence-corrected chi connectivity index (χ3v) is 8.57. The first-order chi connectivity index (χ1) is 19.7. The minimum Gasteiger partial charge on any atom is -0.455 e. The lowest BCUT2D eigenvalue weighted by molar-refractivity contribution is 0.670. The highest BCUT2D eigenvalue weighted by Crippen LogP contribution is 2.42. The van der Waals surface area contributed by atoms with Crippen molar-refractivity contribution in [2.45, 2.75) is 0 Å². The summed E-state index contributed by atoms with van der Waals surface area (Å²) in [5.41, 5.74) is 9.23. The van der Waals surface area contributed by atoms with E-state index < -0.39 is 0 Å². The summed E-state index contributed by atoms with van der Waals surface area (Å²) in [5, 5.41) is 6.84. The fourth-order valence-electron chi connectivity index (χ4n) is 6.30. The van der Waals surface area contributed by atoms with Gasteiger partial charge in [-0.25, -0.2) is 0 Å². The molecule has 0 radical (unpaired) electrons. The predicted octanol–water partition coefficient (Wildman–Crippen LogP) is 11.0. The maximum atomic E-state index is 6.47. The molecule has 188 valence electrons. The molecule has 0 unspecified atom stereocenters. The number of fused-ring (bicyclic) bond motifs is 10. The van der Waals surface area contributed by atoms with Crippen LogP contribution in [-0.4, -0.2) is 4.57 Å². The van der Waals surface area contributed by atoms with Crippen LogP contribution >= 0.6 is 15.9 Å². The van der Waals surface area contributed by atoms with E-state index in [0.717, 1.165) is 87.0 Å². The average molecular weight is 578 g/mol. The Balaban J connectivity index is 1.28. The Bertz CT molecular complexity index is 2440. The van der Waals surface area contributed by atoms with Gasteiger partial charge < -0.3 is 13.4 Å². The van der Waals surface area contributed by atoms with E-state index in [1.807, 2.05) is 24.3 Å². The number of benzene rings is 6. The molecule has 0 fully saturated rings. The second kappa shape index (κ2) is 8.10. The van der Waals surface area contributed by atoms with Crippen LogP contribution < -0.4 is 0 Å². The van der Waals surface area contributed by atoms with Gasteiger partial charge in [0, 0.05) is 42.7 Å². The first-order valence-corrected chi connectivity index (χ1v) is 14.1. The van der Waals surface area contributed by atoms with E-state index in [2.05, 4.69) is 118 Å². The Morgan fingerprint density at radius 1 is 0.500 bits per heavy atom. The first-order valence-electron chi connectivity index (χ1n) is 13.3. The lowest BCUT2D eigenvalue weighted by Crippen LogP contribution is -1.93. The number of hydrogen-bond acceptors (Lipinski definition) is 2. The zero-order chi connectivity index (χ0) is 26.4. The van der Waals surface area contributed by atoms with E-state index in [0.29, 0.717) is 0 Å². The van der Waals surface area contributed by atoms with Crippen LogP contribution in [0.2, 0.25) is 0 Å².